The van der Waals surface area contributed by atoms with Crippen molar-refractivity contribution >= 4 is 0 Å². The minimum absolute atomic E-state index is 0.612. The summed E-state index contributed by atoms with van der Waals surface area (Å²) in [5, 5.41) is 0. The number of aromatic nitrogens is 1. The van der Waals surface area contributed by atoms with Gasteiger partial charge in [-0.3, -0.25) is 0 Å². The van der Waals surface area contributed by atoms with Crippen LogP contribution in [0.25, 0.3) is 0 Å². The minimum Gasteiger partial charge on any atom is -0.474 e. The first-order chi connectivity index (χ1) is 6.45. The van der Waals surface area contributed by atoms with Gasteiger partial charge in [-0.25, -0.2) is 0 Å². The molecule has 1 N–H and O–H groups in total. The summed E-state index contributed by atoms with van der Waals surface area (Å²) in [6.07, 6.45) is 1.85. The summed E-state index contributed by atoms with van der Waals surface area (Å²) in [6, 6.07) is 13.9. The number of rotatable bonds is 3. The van der Waals surface area contributed by atoms with Crippen LogP contribution in [0.3, 0.4) is 0 Å². The molecule has 2 rings (SSSR count). The molecule has 1 aromatic heterocycles. The molecule has 0 amide bonds. The molecule has 2 aromatic rings. The van der Waals surface area contributed by atoms with Gasteiger partial charge in [0.25, 0.3) is 0 Å². The second-order valence-electron chi connectivity index (χ2n) is 2.81. The van der Waals surface area contributed by atoms with E-state index in [1.807, 2.05) is 48.7 Å². The van der Waals surface area contributed by atoms with Gasteiger partial charge in [-0.05, 0) is 17.7 Å². The molecule has 0 saturated carbocycles. The zero-order chi connectivity index (χ0) is 8.93. The van der Waals surface area contributed by atoms with E-state index in [1.165, 1.54) is 5.56 Å². The lowest BCUT2D eigenvalue weighted by atomic mass is 10.2. The molecular weight excluding hydrogens is 162 g/mol. The molecule has 0 aliphatic carbocycles. The monoisotopic (exact) mass is 173 g/mol. The van der Waals surface area contributed by atoms with E-state index in [-0.39, 0.29) is 0 Å². The van der Waals surface area contributed by atoms with Crippen molar-refractivity contribution in [3.05, 3.63) is 54.2 Å². The van der Waals surface area contributed by atoms with Crippen molar-refractivity contribution in [2.45, 2.75) is 6.61 Å². The molecule has 13 heavy (non-hydrogen) atoms. The third kappa shape index (κ3) is 2.12. The summed E-state index contributed by atoms with van der Waals surface area (Å²) in [6.45, 7) is 0.612. The van der Waals surface area contributed by atoms with Crippen LogP contribution in [0.2, 0.25) is 0 Å². The van der Waals surface area contributed by atoms with Gasteiger partial charge in [0.1, 0.15) is 6.61 Å². The molecular formula is C11H11NO. The Morgan fingerprint density at radius 3 is 2.54 bits per heavy atom. The number of hydrogen-bond acceptors (Lipinski definition) is 1. The van der Waals surface area contributed by atoms with Crippen LogP contribution in [0, 0.1) is 0 Å². The Hall–Kier alpha value is -1.70. The summed E-state index contributed by atoms with van der Waals surface area (Å²) in [7, 11) is 0. The van der Waals surface area contributed by atoms with E-state index in [0.29, 0.717) is 6.61 Å². The topological polar surface area (TPSA) is 25.0 Å². The second kappa shape index (κ2) is 3.81. The summed E-state index contributed by atoms with van der Waals surface area (Å²) in [5.41, 5.74) is 1.18. The number of ether oxygens (including phenoxy) is 1. The number of aromatic amines is 1. The number of H-pyrrole nitrogens is 1. The van der Waals surface area contributed by atoms with Gasteiger partial charge in [-0.2, -0.15) is 0 Å². The first-order valence-corrected chi connectivity index (χ1v) is 4.25. The Bertz CT molecular complexity index is 340. The lowest BCUT2D eigenvalue weighted by Crippen LogP contribution is -1.94. The highest BCUT2D eigenvalue weighted by Crippen LogP contribution is 2.08. The fourth-order valence-corrected chi connectivity index (χ4v) is 1.14. The molecule has 0 spiro atoms. The van der Waals surface area contributed by atoms with Crippen molar-refractivity contribution < 1.29 is 4.74 Å². The Morgan fingerprint density at radius 2 is 1.85 bits per heavy atom. The maximum Gasteiger partial charge on any atom is 0.191 e. The van der Waals surface area contributed by atoms with Gasteiger partial charge in [-0.1, -0.05) is 30.3 Å². The third-order valence-electron chi connectivity index (χ3n) is 1.81. The first kappa shape index (κ1) is 7.92. The number of hydrogen-bond donors (Lipinski definition) is 1. The summed E-state index contributed by atoms with van der Waals surface area (Å²) in [4.78, 5) is 2.99. The average molecular weight is 173 g/mol. The Kier molecular flexibility index (Phi) is 2.32. The predicted octanol–water partition coefficient (Wildman–Crippen LogP) is 2.59. The van der Waals surface area contributed by atoms with Crippen LogP contribution in [0.15, 0.2) is 48.7 Å². The van der Waals surface area contributed by atoms with Crippen LogP contribution in [0.5, 0.6) is 5.88 Å². The lowest BCUT2D eigenvalue weighted by molar-refractivity contribution is 0.295. The van der Waals surface area contributed by atoms with Crippen LogP contribution >= 0.6 is 0 Å². The SMILES string of the molecule is c1ccc(COc2ccc[nH]2)cc1. The van der Waals surface area contributed by atoms with E-state index < -0.39 is 0 Å². The van der Waals surface area contributed by atoms with E-state index in [0.717, 1.165) is 5.88 Å². The molecule has 66 valence electrons. The maximum absolute atomic E-state index is 5.48. The molecule has 1 heterocycles. The maximum atomic E-state index is 5.48. The largest absolute Gasteiger partial charge is 0.474 e. The van der Waals surface area contributed by atoms with Gasteiger partial charge in [0, 0.05) is 6.20 Å². The van der Waals surface area contributed by atoms with Crippen LogP contribution in [-0.4, -0.2) is 4.98 Å². The molecule has 0 fully saturated rings. The molecule has 1 aromatic carbocycles. The minimum atomic E-state index is 0.612. The van der Waals surface area contributed by atoms with Crippen molar-refractivity contribution in [3.63, 3.8) is 0 Å². The highest BCUT2D eigenvalue weighted by Gasteiger charge is 1.93. The van der Waals surface area contributed by atoms with Gasteiger partial charge in [0.15, 0.2) is 5.88 Å². The molecule has 0 aliphatic rings. The molecule has 2 nitrogen and oxygen atoms in total. The predicted molar refractivity (Wildman–Crippen MR) is 51.6 cm³/mol. The van der Waals surface area contributed by atoms with Crippen molar-refractivity contribution in [2.75, 3.05) is 0 Å². The Balaban J connectivity index is 1.94. The normalized spacial score (nSPS) is 9.85. The smallest absolute Gasteiger partial charge is 0.191 e. The van der Waals surface area contributed by atoms with E-state index in [2.05, 4.69) is 4.98 Å². The molecule has 0 saturated heterocycles. The fraction of sp³-hybridized carbons (Fsp3) is 0.0909. The number of nitrogens with one attached hydrogen (secondary N) is 1. The average Bonchev–Trinajstić information content (AvgIpc) is 2.69. The van der Waals surface area contributed by atoms with Gasteiger partial charge in [-0.15, -0.1) is 0 Å². The molecule has 0 unspecified atom stereocenters. The van der Waals surface area contributed by atoms with Crippen LogP contribution in [-0.2, 0) is 6.61 Å². The van der Waals surface area contributed by atoms with E-state index >= 15 is 0 Å². The fourth-order valence-electron chi connectivity index (χ4n) is 1.14. The quantitative estimate of drug-likeness (QED) is 0.758. The van der Waals surface area contributed by atoms with Crippen LogP contribution in [0.1, 0.15) is 5.56 Å². The summed E-state index contributed by atoms with van der Waals surface area (Å²) < 4.78 is 5.48. The highest BCUT2D eigenvalue weighted by molar-refractivity contribution is 5.15. The summed E-state index contributed by atoms with van der Waals surface area (Å²) >= 11 is 0. The van der Waals surface area contributed by atoms with Crippen molar-refractivity contribution in [3.8, 4) is 5.88 Å². The standard InChI is InChI=1S/C11H11NO/c1-2-5-10(6-3-1)9-13-11-7-4-8-12-11/h1-8,12H,9H2. The van der Waals surface area contributed by atoms with Crippen LogP contribution < -0.4 is 4.74 Å². The lowest BCUT2D eigenvalue weighted by Gasteiger charge is -2.02. The molecule has 0 aliphatic heterocycles. The summed E-state index contributed by atoms with van der Waals surface area (Å²) in [5.74, 6) is 0.809. The van der Waals surface area contributed by atoms with Gasteiger partial charge < -0.3 is 9.72 Å². The molecule has 0 radical (unpaired) electrons. The highest BCUT2D eigenvalue weighted by atomic mass is 16.5. The Morgan fingerprint density at radius 1 is 1.00 bits per heavy atom. The first-order valence-electron chi connectivity index (χ1n) is 4.25. The van der Waals surface area contributed by atoms with Gasteiger partial charge in [0.05, 0.1) is 0 Å². The van der Waals surface area contributed by atoms with Crippen molar-refractivity contribution in [1.82, 2.24) is 4.98 Å². The van der Waals surface area contributed by atoms with Crippen LogP contribution in [0.4, 0.5) is 0 Å². The number of benzene rings is 1. The zero-order valence-electron chi connectivity index (χ0n) is 7.23. The van der Waals surface area contributed by atoms with Gasteiger partial charge >= 0.3 is 0 Å². The van der Waals surface area contributed by atoms with E-state index in [9.17, 15) is 0 Å². The second-order valence-corrected chi connectivity index (χ2v) is 2.81. The van der Waals surface area contributed by atoms with Crippen molar-refractivity contribution in [1.29, 1.82) is 0 Å². The van der Waals surface area contributed by atoms with Crippen molar-refractivity contribution in [2.24, 2.45) is 0 Å². The molecule has 2 heteroatoms. The zero-order valence-corrected chi connectivity index (χ0v) is 7.23. The Labute approximate surface area is 77.2 Å². The third-order valence-corrected chi connectivity index (χ3v) is 1.81. The molecule has 0 atom stereocenters. The van der Waals surface area contributed by atoms with E-state index in [1.54, 1.807) is 0 Å². The molecule has 0 bridgehead atoms. The van der Waals surface area contributed by atoms with Gasteiger partial charge in [0.2, 0.25) is 0 Å². The van der Waals surface area contributed by atoms with E-state index in [4.69, 9.17) is 4.74 Å².